The highest BCUT2D eigenvalue weighted by atomic mass is 16.7. The fourth-order valence-corrected chi connectivity index (χ4v) is 2.54. The molecule has 2 heterocycles. The van der Waals surface area contributed by atoms with Crippen molar-refractivity contribution in [3.8, 4) is 11.5 Å². The zero-order chi connectivity index (χ0) is 14.8. The summed E-state index contributed by atoms with van der Waals surface area (Å²) in [6.45, 7) is 2.91. The summed E-state index contributed by atoms with van der Waals surface area (Å²) < 4.78 is 15.8. The zero-order valence-corrected chi connectivity index (χ0v) is 11.8. The molecule has 21 heavy (non-hydrogen) atoms. The Morgan fingerprint density at radius 2 is 2.05 bits per heavy atom. The molecule has 0 spiro atoms. The number of hydrogen-bond donors (Lipinski definition) is 1. The van der Waals surface area contributed by atoms with Gasteiger partial charge >= 0.3 is 0 Å². The molecule has 2 aliphatic heterocycles. The molecule has 1 fully saturated rings. The van der Waals surface area contributed by atoms with Crippen LogP contribution in [0.5, 0.6) is 11.5 Å². The number of Topliss-reactive ketones (excluding diaryl/α,β-unsaturated/α-hetero) is 1. The van der Waals surface area contributed by atoms with Crippen LogP contribution in [0.3, 0.4) is 0 Å². The zero-order valence-electron chi connectivity index (χ0n) is 11.8. The van der Waals surface area contributed by atoms with Gasteiger partial charge in [-0.1, -0.05) is 0 Å². The van der Waals surface area contributed by atoms with Gasteiger partial charge in [0.15, 0.2) is 17.3 Å². The standard InChI is InChI=1S/C15H17NO5/c1-9(17)11-5-13-14(21-8-20-13)6-12(11)16-15(18)4-10-2-3-19-7-10/h5-6,10H,2-4,7-8H2,1H3,(H,16,18). The predicted octanol–water partition coefficient (Wildman–Crippen LogP) is 1.98. The molecule has 0 saturated carbocycles. The minimum absolute atomic E-state index is 0.119. The second-order valence-corrected chi connectivity index (χ2v) is 5.29. The minimum Gasteiger partial charge on any atom is -0.454 e. The molecular weight excluding hydrogens is 274 g/mol. The quantitative estimate of drug-likeness (QED) is 0.859. The van der Waals surface area contributed by atoms with Crippen molar-refractivity contribution in [1.82, 2.24) is 0 Å². The summed E-state index contributed by atoms with van der Waals surface area (Å²) in [6.07, 6.45) is 1.29. The molecule has 6 nitrogen and oxygen atoms in total. The van der Waals surface area contributed by atoms with Crippen LogP contribution in [-0.4, -0.2) is 31.7 Å². The highest BCUT2D eigenvalue weighted by Gasteiger charge is 2.23. The molecular formula is C15H17NO5. The molecule has 1 aromatic rings. The van der Waals surface area contributed by atoms with E-state index in [-0.39, 0.29) is 24.4 Å². The lowest BCUT2D eigenvalue weighted by molar-refractivity contribution is -0.117. The Kier molecular flexibility index (Phi) is 3.79. The summed E-state index contributed by atoms with van der Waals surface area (Å²) in [4.78, 5) is 23.8. The number of carbonyl (C=O) groups excluding carboxylic acids is 2. The van der Waals surface area contributed by atoms with Gasteiger partial charge in [-0.15, -0.1) is 0 Å². The average molecular weight is 291 g/mol. The van der Waals surface area contributed by atoms with Crippen molar-refractivity contribution in [2.75, 3.05) is 25.3 Å². The van der Waals surface area contributed by atoms with Gasteiger partial charge in [0.05, 0.1) is 5.69 Å². The van der Waals surface area contributed by atoms with E-state index in [2.05, 4.69) is 5.32 Å². The lowest BCUT2D eigenvalue weighted by Gasteiger charge is -2.12. The van der Waals surface area contributed by atoms with Gasteiger partial charge in [0, 0.05) is 31.3 Å². The van der Waals surface area contributed by atoms with E-state index >= 15 is 0 Å². The Morgan fingerprint density at radius 3 is 2.71 bits per heavy atom. The second kappa shape index (κ2) is 5.73. The highest BCUT2D eigenvalue weighted by Crippen LogP contribution is 2.37. The summed E-state index contributed by atoms with van der Waals surface area (Å²) in [7, 11) is 0. The van der Waals surface area contributed by atoms with Crippen LogP contribution in [0, 0.1) is 5.92 Å². The first-order valence-corrected chi connectivity index (χ1v) is 6.95. The molecule has 1 saturated heterocycles. The van der Waals surface area contributed by atoms with Crippen LogP contribution in [0.1, 0.15) is 30.1 Å². The smallest absolute Gasteiger partial charge is 0.231 e. The summed E-state index contributed by atoms with van der Waals surface area (Å²) >= 11 is 0. The lowest BCUT2D eigenvalue weighted by Crippen LogP contribution is -2.18. The molecule has 1 unspecified atom stereocenters. The fraction of sp³-hybridized carbons (Fsp3) is 0.467. The van der Waals surface area contributed by atoms with Gasteiger partial charge in [-0.2, -0.15) is 0 Å². The Balaban J connectivity index is 1.77. The Bertz CT molecular complexity index is 578. The van der Waals surface area contributed by atoms with Crippen molar-refractivity contribution in [3.63, 3.8) is 0 Å². The van der Waals surface area contributed by atoms with Gasteiger partial charge in [0.1, 0.15) is 0 Å². The van der Waals surface area contributed by atoms with Crippen LogP contribution in [0.15, 0.2) is 12.1 Å². The molecule has 0 bridgehead atoms. The van der Waals surface area contributed by atoms with Crippen LogP contribution >= 0.6 is 0 Å². The molecule has 0 radical (unpaired) electrons. The summed E-state index contributed by atoms with van der Waals surface area (Å²) in [5.41, 5.74) is 0.894. The molecule has 1 aromatic carbocycles. The highest BCUT2D eigenvalue weighted by molar-refractivity contribution is 6.04. The summed E-state index contributed by atoms with van der Waals surface area (Å²) in [5, 5.41) is 2.80. The van der Waals surface area contributed by atoms with Crippen LogP contribution in [0.25, 0.3) is 0 Å². The van der Waals surface area contributed by atoms with Gasteiger partial charge in [-0.05, 0) is 25.3 Å². The van der Waals surface area contributed by atoms with Crippen molar-refractivity contribution >= 4 is 17.4 Å². The van der Waals surface area contributed by atoms with E-state index in [9.17, 15) is 9.59 Å². The van der Waals surface area contributed by atoms with Crippen molar-refractivity contribution in [1.29, 1.82) is 0 Å². The Hall–Kier alpha value is -2.08. The third kappa shape index (κ3) is 3.00. The number of rotatable bonds is 4. The first-order valence-electron chi connectivity index (χ1n) is 6.95. The van der Waals surface area contributed by atoms with Gasteiger partial charge in [0.25, 0.3) is 0 Å². The van der Waals surface area contributed by atoms with E-state index in [1.807, 2.05) is 0 Å². The molecule has 1 N–H and O–H groups in total. The van der Waals surface area contributed by atoms with Crippen LogP contribution in [-0.2, 0) is 9.53 Å². The van der Waals surface area contributed by atoms with Gasteiger partial charge in [-0.3, -0.25) is 9.59 Å². The molecule has 0 aromatic heterocycles. The molecule has 0 aliphatic carbocycles. The van der Waals surface area contributed by atoms with E-state index in [4.69, 9.17) is 14.2 Å². The first-order chi connectivity index (χ1) is 10.1. The number of hydrogen-bond acceptors (Lipinski definition) is 5. The monoisotopic (exact) mass is 291 g/mol. The maximum absolute atomic E-state index is 12.1. The molecule has 1 amide bonds. The molecule has 2 aliphatic rings. The maximum atomic E-state index is 12.1. The van der Waals surface area contributed by atoms with Crippen molar-refractivity contribution < 1.29 is 23.8 Å². The first kappa shape index (κ1) is 13.9. The molecule has 1 atom stereocenters. The number of carbonyl (C=O) groups is 2. The van der Waals surface area contributed by atoms with E-state index in [1.54, 1.807) is 12.1 Å². The normalized spacial score (nSPS) is 19.6. The third-order valence-corrected chi connectivity index (χ3v) is 3.66. The number of ketones is 1. The average Bonchev–Trinajstić information content (AvgIpc) is 3.07. The lowest BCUT2D eigenvalue weighted by atomic mass is 10.0. The van der Waals surface area contributed by atoms with E-state index in [0.29, 0.717) is 42.4 Å². The number of fused-ring (bicyclic) bond motifs is 1. The Labute approximate surface area is 122 Å². The number of nitrogens with one attached hydrogen (secondary N) is 1. The fourth-order valence-electron chi connectivity index (χ4n) is 2.54. The van der Waals surface area contributed by atoms with Gasteiger partial charge in [0.2, 0.25) is 12.7 Å². The van der Waals surface area contributed by atoms with Crippen molar-refractivity contribution in [3.05, 3.63) is 17.7 Å². The summed E-state index contributed by atoms with van der Waals surface area (Å²) in [6, 6.07) is 3.25. The van der Waals surface area contributed by atoms with Crippen LogP contribution in [0.4, 0.5) is 5.69 Å². The Morgan fingerprint density at radius 1 is 1.29 bits per heavy atom. The molecule has 3 rings (SSSR count). The number of anilines is 1. The summed E-state index contributed by atoms with van der Waals surface area (Å²) in [5.74, 6) is 1.07. The maximum Gasteiger partial charge on any atom is 0.231 e. The van der Waals surface area contributed by atoms with E-state index in [0.717, 1.165) is 6.42 Å². The number of benzene rings is 1. The van der Waals surface area contributed by atoms with Crippen molar-refractivity contribution in [2.24, 2.45) is 5.92 Å². The van der Waals surface area contributed by atoms with E-state index in [1.165, 1.54) is 6.92 Å². The van der Waals surface area contributed by atoms with E-state index < -0.39 is 0 Å². The number of amides is 1. The van der Waals surface area contributed by atoms with Crippen LogP contribution in [0.2, 0.25) is 0 Å². The molecule has 112 valence electrons. The van der Waals surface area contributed by atoms with Gasteiger partial charge < -0.3 is 19.5 Å². The topological polar surface area (TPSA) is 73.9 Å². The van der Waals surface area contributed by atoms with Gasteiger partial charge in [-0.25, -0.2) is 0 Å². The largest absolute Gasteiger partial charge is 0.454 e. The number of ether oxygens (including phenoxy) is 3. The second-order valence-electron chi connectivity index (χ2n) is 5.29. The molecule has 6 heteroatoms. The third-order valence-electron chi connectivity index (χ3n) is 3.66. The van der Waals surface area contributed by atoms with Crippen molar-refractivity contribution in [2.45, 2.75) is 19.8 Å². The SMILES string of the molecule is CC(=O)c1cc2c(cc1NC(=O)CC1CCOC1)OCO2. The predicted molar refractivity (Wildman–Crippen MR) is 74.7 cm³/mol. The van der Waals surface area contributed by atoms with Crippen LogP contribution < -0.4 is 14.8 Å². The minimum atomic E-state index is -0.132.